The van der Waals surface area contributed by atoms with Gasteiger partial charge in [-0.05, 0) is 17.8 Å². The molecule has 4 heteroatoms. The van der Waals surface area contributed by atoms with E-state index < -0.39 is 0 Å². The third-order valence-corrected chi connectivity index (χ3v) is 3.82. The number of carbonyl (C=O) groups excluding carboxylic acids is 1. The molecule has 0 N–H and O–H groups in total. The van der Waals surface area contributed by atoms with Gasteiger partial charge in [-0.1, -0.05) is 52.9 Å². The van der Waals surface area contributed by atoms with Crippen LogP contribution in [-0.2, 0) is 0 Å². The third-order valence-electron chi connectivity index (χ3n) is 2.77. The first-order chi connectivity index (χ1) is 8.85. The lowest BCUT2D eigenvalue weighted by atomic mass is 10.1. The molecule has 0 bridgehead atoms. The largest absolute Gasteiger partial charge is 0.348 e. The van der Waals surface area contributed by atoms with Crippen LogP contribution in [0.1, 0.15) is 62.8 Å². The van der Waals surface area contributed by atoms with Gasteiger partial charge < -0.3 is 4.90 Å². The van der Waals surface area contributed by atoms with Crippen LogP contribution >= 0.6 is 11.3 Å². The Labute approximate surface area is 121 Å². The number of hydrogen-bond acceptors (Lipinski definition) is 4. The fourth-order valence-electron chi connectivity index (χ4n) is 2.08. The minimum absolute atomic E-state index is 0.296. The van der Waals surface area contributed by atoms with Gasteiger partial charge in [0.05, 0.1) is 10.6 Å². The number of rotatable bonds is 7. The molecule has 19 heavy (non-hydrogen) atoms. The van der Waals surface area contributed by atoms with Crippen molar-refractivity contribution in [1.29, 1.82) is 0 Å². The quantitative estimate of drug-likeness (QED) is 0.703. The maximum absolute atomic E-state index is 11.2. The topological polar surface area (TPSA) is 33.2 Å². The van der Waals surface area contributed by atoms with Gasteiger partial charge in [0, 0.05) is 13.1 Å². The molecule has 0 atom stereocenters. The molecule has 0 saturated carbocycles. The molecule has 0 radical (unpaired) electrons. The van der Waals surface area contributed by atoms with Crippen LogP contribution in [0.15, 0.2) is 0 Å². The number of anilines is 1. The smallest absolute Gasteiger partial charge is 0.186 e. The average Bonchev–Trinajstić information content (AvgIpc) is 2.70. The van der Waals surface area contributed by atoms with E-state index in [1.54, 1.807) is 0 Å². The minimum Gasteiger partial charge on any atom is -0.348 e. The van der Waals surface area contributed by atoms with Gasteiger partial charge in [0.2, 0.25) is 0 Å². The highest BCUT2D eigenvalue weighted by atomic mass is 32.1. The molecule has 3 nitrogen and oxygen atoms in total. The lowest BCUT2D eigenvalue weighted by Gasteiger charge is -2.25. The molecule has 0 aliphatic carbocycles. The molecule has 1 heterocycles. The molecular formula is C15H26N2OS. The van der Waals surface area contributed by atoms with Crippen LogP contribution in [-0.4, -0.2) is 24.4 Å². The Balaban J connectivity index is 3.04. The summed E-state index contributed by atoms with van der Waals surface area (Å²) >= 11 is 1.53. The number of aromatic nitrogens is 1. The molecule has 1 aromatic heterocycles. The normalized spacial score (nSPS) is 11.6. The molecule has 0 spiro atoms. The average molecular weight is 282 g/mol. The molecular weight excluding hydrogens is 256 g/mol. The molecule has 0 saturated heterocycles. The Kier molecular flexibility index (Phi) is 5.98. The first-order valence-corrected chi connectivity index (χ1v) is 7.87. The van der Waals surface area contributed by atoms with Gasteiger partial charge in [-0.3, -0.25) is 4.79 Å². The fraction of sp³-hybridized carbons (Fsp3) is 0.733. The number of nitrogens with zero attached hydrogens (tertiary/aromatic N) is 2. The van der Waals surface area contributed by atoms with Crippen molar-refractivity contribution in [2.45, 2.75) is 47.5 Å². The highest BCUT2D eigenvalue weighted by molar-refractivity contribution is 7.17. The Hall–Kier alpha value is -0.900. The zero-order chi connectivity index (χ0) is 14.6. The Morgan fingerprint density at radius 2 is 1.63 bits per heavy atom. The van der Waals surface area contributed by atoms with E-state index in [4.69, 9.17) is 4.98 Å². The second-order valence-electron chi connectivity index (χ2n) is 6.21. The van der Waals surface area contributed by atoms with Crippen molar-refractivity contribution in [1.82, 2.24) is 4.98 Å². The van der Waals surface area contributed by atoms with E-state index in [1.807, 2.05) is 0 Å². The van der Waals surface area contributed by atoms with E-state index >= 15 is 0 Å². The summed E-state index contributed by atoms with van der Waals surface area (Å²) in [5.74, 6) is 1.47. The molecule has 1 aromatic rings. The number of carbonyl (C=O) groups is 1. The van der Waals surface area contributed by atoms with Gasteiger partial charge in [-0.2, -0.15) is 0 Å². The van der Waals surface area contributed by atoms with E-state index in [0.29, 0.717) is 17.8 Å². The van der Waals surface area contributed by atoms with E-state index in [9.17, 15) is 4.79 Å². The van der Waals surface area contributed by atoms with Crippen molar-refractivity contribution < 1.29 is 4.79 Å². The molecule has 108 valence electrons. The second-order valence-corrected chi connectivity index (χ2v) is 7.22. The molecule has 0 aliphatic heterocycles. The van der Waals surface area contributed by atoms with Crippen LogP contribution in [0.5, 0.6) is 0 Å². The summed E-state index contributed by atoms with van der Waals surface area (Å²) in [6.45, 7) is 15.0. The highest BCUT2D eigenvalue weighted by Gasteiger charge is 2.19. The van der Waals surface area contributed by atoms with Crippen LogP contribution in [0, 0.1) is 11.8 Å². The molecule has 0 aromatic carbocycles. The van der Waals surface area contributed by atoms with Gasteiger partial charge in [0.15, 0.2) is 11.4 Å². The summed E-state index contributed by atoms with van der Waals surface area (Å²) in [7, 11) is 0. The SMILES string of the molecule is CC(C)CN(CC(C)C)c1nc(C(C)C)c(C=O)s1. The molecule has 0 fully saturated rings. The lowest BCUT2D eigenvalue weighted by Crippen LogP contribution is -2.31. The van der Waals surface area contributed by atoms with Crippen LogP contribution < -0.4 is 4.90 Å². The van der Waals surface area contributed by atoms with E-state index in [-0.39, 0.29) is 0 Å². The van der Waals surface area contributed by atoms with E-state index in [2.05, 4.69) is 46.4 Å². The van der Waals surface area contributed by atoms with Crippen LogP contribution in [0.4, 0.5) is 5.13 Å². The maximum Gasteiger partial charge on any atom is 0.186 e. The summed E-state index contributed by atoms with van der Waals surface area (Å²) in [6.07, 6.45) is 0.944. The second kappa shape index (κ2) is 7.04. The van der Waals surface area contributed by atoms with Gasteiger partial charge in [0.1, 0.15) is 0 Å². The van der Waals surface area contributed by atoms with Gasteiger partial charge in [0.25, 0.3) is 0 Å². The van der Waals surface area contributed by atoms with E-state index in [1.165, 1.54) is 11.3 Å². The Morgan fingerprint density at radius 3 is 1.95 bits per heavy atom. The molecule has 0 unspecified atom stereocenters. The monoisotopic (exact) mass is 282 g/mol. The maximum atomic E-state index is 11.2. The third kappa shape index (κ3) is 4.60. The van der Waals surface area contributed by atoms with Gasteiger partial charge in [-0.25, -0.2) is 4.98 Å². The summed E-state index contributed by atoms with van der Waals surface area (Å²) in [5, 5.41) is 0.994. The Morgan fingerprint density at radius 1 is 1.11 bits per heavy atom. The van der Waals surface area contributed by atoms with Crippen molar-refractivity contribution in [3.05, 3.63) is 10.6 Å². The number of hydrogen-bond donors (Lipinski definition) is 0. The van der Waals surface area contributed by atoms with Crippen molar-refractivity contribution in [3.8, 4) is 0 Å². The molecule has 0 amide bonds. The van der Waals surface area contributed by atoms with Crippen LogP contribution in [0.2, 0.25) is 0 Å². The fourth-order valence-corrected chi connectivity index (χ4v) is 3.13. The zero-order valence-corrected chi connectivity index (χ0v) is 13.8. The lowest BCUT2D eigenvalue weighted by molar-refractivity contribution is 0.112. The van der Waals surface area contributed by atoms with E-state index in [0.717, 1.165) is 35.1 Å². The summed E-state index contributed by atoms with van der Waals surface area (Å²) in [5.41, 5.74) is 0.938. The molecule has 0 aliphatic rings. The van der Waals surface area contributed by atoms with Gasteiger partial charge in [-0.15, -0.1) is 0 Å². The predicted molar refractivity (Wildman–Crippen MR) is 83.5 cm³/mol. The molecule has 1 rings (SSSR count). The van der Waals surface area contributed by atoms with Crippen molar-refractivity contribution in [2.24, 2.45) is 11.8 Å². The number of aldehydes is 1. The first kappa shape index (κ1) is 16.2. The van der Waals surface area contributed by atoms with Gasteiger partial charge >= 0.3 is 0 Å². The summed E-state index contributed by atoms with van der Waals surface area (Å²) in [6, 6.07) is 0. The minimum atomic E-state index is 0.296. The Bertz CT molecular complexity index is 400. The van der Waals surface area contributed by atoms with Crippen molar-refractivity contribution in [3.63, 3.8) is 0 Å². The van der Waals surface area contributed by atoms with Crippen molar-refractivity contribution >= 4 is 22.8 Å². The zero-order valence-electron chi connectivity index (χ0n) is 12.9. The summed E-state index contributed by atoms with van der Waals surface area (Å²) < 4.78 is 0. The first-order valence-electron chi connectivity index (χ1n) is 7.06. The van der Waals surface area contributed by atoms with Crippen LogP contribution in [0.3, 0.4) is 0 Å². The summed E-state index contributed by atoms with van der Waals surface area (Å²) in [4.78, 5) is 19.0. The van der Waals surface area contributed by atoms with Crippen molar-refractivity contribution in [2.75, 3.05) is 18.0 Å². The number of thiazole rings is 1. The standard InChI is InChI=1S/C15H26N2OS/c1-10(2)7-17(8-11(3)4)15-16-14(12(5)6)13(9-18)19-15/h9-12H,7-8H2,1-6H3. The highest BCUT2D eigenvalue weighted by Crippen LogP contribution is 2.30. The van der Waals surface area contributed by atoms with Crippen LogP contribution in [0.25, 0.3) is 0 Å². The predicted octanol–water partition coefficient (Wildman–Crippen LogP) is 4.20.